The highest BCUT2D eigenvalue weighted by atomic mass is 32.2. The molecule has 0 aliphatic carbocycles. The van der Waals surface area contributed by atoms with Gasteiger partial charge in [0.1, 0.15) is 0 Å². The summed E-state index contributed by atoms with van der Waals surface area (Å²) in [5.41, 5.74) is 7.37. The second-order valence-electron chi connectivity index (χ2n) is 4.40. The predicted molar refractivity (Wildman–Crippen MR) is 73.0 cm³/mol. The highest BCUT2D eigenvalue weighted by Crippen LogP contribution is 2.17. The van der Waals surface area contributed by atoms with E-state index < -0.39 is 0 Å². The fourth-order valence-corrected chi connectivity index (χ4v) is 3.09. The number of amides is 1. The number of carbonyl (C=O) groups is 1. The lowest BCUT2D eigenvalue weighted by Gasteiger charge is -2.22. The first-order valence-electron chi connectivity index (χ1n) is 5.95. The zero-order chi connectivity index (χ0) is 12.1. The third-order valence-electron chi connectivity index (χ3n) is 2.84. The Kier molecular flexibility index (Phi) is 4.31. The summed E-state index contributed by atoms with van der Waals surface area (Å²) in [6, 6.07) is 7.86. The van der Waals surface area contributed by atoms with Crippen molar-refractivity contribution in [3.8, 4) is 0 Å². The lowest BCUT2D eigenvalue weighted by Crippen LogP contribution is -2.39. The smallest absolute Gasteiger partial charge is 0.224 e. The quantitative estimate of drug-likeness (QED) is 0.805. The Labute approximate surface area is 106 Å². The summed E-state index contributed by atoms with van der Waals surface area (Å²) in [6.07, 6.45) is 2.73. The van der Waals surface area contributed by atoms with E-state index in [2.05, 4.69) is 5.32 Å². The maximum Gasteiger partial charge on any atom is 0.224 e. The van der Waals surface area contributed by atoms with Crippen LogP contribution in [0.5, 0.6) is 0 Å². The van der Waals surface area contributed by atoms with Crippen molar-refractivity contribution >= 4 is 23.4 Å². The summed E-state index contributed by atoms with van der Waals surface area (Å²) in [5, 5.41) is 3.09. The molecule has 0 bridgehead atoms. The molecule has 92 valence electrons. The highest BCUT2D eigenvalue weighted by Gasteiger charge is 2.15. The summed E-state index contributed by atoms with van der Waals surface area (Å²) in [7, 11) is 0. The van der Waals surface area contributed by atoms with Gasteiger partial charge in [0.15, 0.2) is 0 Å². The van der Waals surface area contributed by atoms with E-state index in [9.17, 15) is 4.79 Å². The number of carbonyl (C=O) groups excluding carboxylic acids is 1. The Morgan fingerprint density at radius 3 is 3.12 bits per heavy atom. The molecule has 3 N–H and O–H groups in total. The van der Waals surface area contributed by atoms with Gasteiger partial charge in [-0.1, -0.05) is 12.1 Å². The van der Waals surface area contributed by atoms with Gasteiger partial charge in [0, 0.05) is 17.5 Å². The number of rotatable bonds is 3. The molecule has 4 heteroatoms. The minimum Gasteiger partial charge on any atom is -0.399 e. The summed E-state index contributed by atoms with van der Waals surface area (Å²) in [6.45, 7) is 0. The number of nitrogens with two attached hydrogens (primary N) is 1. The number of thioether (sulfide) groups is 1. The van der Waals surface area contributed by atoms with E-state index in [0.717, 1.165) is 17.7 Å². The third kappa shape index (κ3) is 3.97. The molecular weight excluding hydrogens is 232 g/mol. The van der Waals surface area contributed by atoms with Crippen LogP contribution in [0.15, 0.2) is 24.3 Å². The van der Waals surface area contributed by atoms with Gasteiger partial charge in [-0.25, -0.2) is 0 Å². The average molecular weight is 250 g/mol. The van der Waals surface area contributed by atoms with Crippen molar-refractivity contribution in [3.63, 3.8) is 0 Å². The van der Waals surface area contributed by atoms with E-state index in [4.69, 9.17) is 5.73 Å². The first kappa shape index (κ1) is 12.3. The van der Waals surface area contributed by atoms with Gasteiger partial charge in [-0.05, 0) is 36.3 Å². The van der Waals surface area contributed by atoms with E-state index in [-0.39, 0.29) is 5.91 Å². The normalized spacial score (nSPS) is 19.9. The molecular formula is C13H18N2OS. The Morgan fingerprint density at radius 2 is 2.41 bits per heavy atom. The van der Waals surface area contributed by atoms with Crippen LogP contribution in [0.25, 0.3) is 0 Å². The van der Waals surface area contributed by atoms with Crippen molar-refractivity contribution in [1.82, 2.24) is 5.32 Å². The molecule has 0 spiro atoms. The lowest BCUT2D eigenvalue weighted by atomic mass is 10.1. The van der Waals surface area contributed by atoms with Gasteiger partial charge < -0.3 is 11.1 Å². The average Bonchev–Trinajstić information content (AvgIpc) is 2.30. The van der Waals surface area contributed by atoms with E-state index in [1.54, 1.807) is 0 Å². The van der Waals surface area contributed by atoms with E-state index in [1.807, 2.05) is 36.0 Å². The summed E-state index contributed by atoms with van der Waals surface area (Å²) < 4.78 is 0. The lowest BCUT2D eigenvalue weighted by molar-refractivity contribution is -0.121. The molecule has 1 aliphatic heterocycles. The van der Waals surface area contributed by atoms with Gasteiger partial charge in [0.25, 0.3) is 0 Å². The van der Waals surface area contributed by atoms with Crippen molar-refractivity contribution in [1.29, 1.82) is 0 Å². The van der Waals surface area contributed by atoms with Gasteiger partial charge in [-0.2, -0.15) is 11.8 Å². The minimum absolute atomic E-state index is 0.100. The second-order valence-corrected chi connectivity index (χ2v) is 5.55. The standard InChI is InChI=1S/C13H18N2OS/c14-11-4-1-3-10(7-11)8-13(16)15-12-5-2-6-17-9-12/h1,3-4,7,12H,2,5-6,8-9,14H2,(H,15,16). The van der Waals surface area contributed by atoms with Crippen LogP contribution in [0.4, 0.5) is 5.69 Å². The number of hydrogen-bond donors (Lipinski definition) is 2. The van der Waals surface area contributed by atoms with Crippen LogP contribution < -0.4 is 11.1 Å². The minimum atomic E-state index is 0.100. The fourth-order valence-electron chi connectivity index (χ4n) is 2.02. The molecule has 1 heterocycles. The van der Waals surface area contributed by atoms with Crippen LogP contribution in [0, 0.1) is 0 Å². The molecule has 1 aliphatic rings. The first-order valence-corrected chi connectivity index (χ1v) is 7.11. The van der Waals surface area contributed by atoms with Crippen LogP contribution in [-0.2, 0) is 11.2 Å². The predicted octanol–water partition coefficient (Wildman–Crippen LogP) is 1.82. The molecule has 1 aromatic rings. The number of hydrogen-bond acceptors (Lipinski definition) is 3. The molecule has 1 saturated heterocycles. The second kappa shape index (κ2) is 5.96. The molecule has 3 nitrogen and oxygen atoms in total. The molecule has 1 fully saturated rings. The van der Waals surface area contributed by atoms with Gasteiger partial charge >= 0.3 is 0 Å². The summed E-state index contributed by atoms with van der Waals surface area (Å²) >= 11 is 1.92. The summed E-state index contributed by atoms with van der Waals surface area (Å²) in [5.74, 6) is 2.37. The van der Waals surface area contributed by atoms with E-state index >= 15 is 0 Å². The topological polar surface area (TPSA) is 55.1 Å². The molecule has 1 unspecified atom stereocenters. The molecule has 1 amide bonds. The number of anilines is 1. The van der Waals surface area contributed by atoms with E-state index in [0.29, 0.717) is 18.2 Å². The van der Waals surface area contributed by atoms with Crippen LogP contribution in [0.3, 0.4) is 0 Å². The van der Waals surface area contributed by atoms with Crippen LogP contribution in [0.1, 0.15) is 18.4 Å². The zero-order valence-corrected chi connectivity index (χ0v) is 10.6. The van der Waals surface area contributed by atoms with Crippen molar-refractivity contribution in [2.45, 2.75) is 25.3 Å². The fraction of sp³-hybridized carbons (Fsp3) is 0.462. The Hall–Kier alpha value is -1.16. The largest absolute Gasteiger partial charge is 0.399 e. The van der Waals surface area contributed by atoms with Crippen molar-refractivity contribution in [2.24, 2.45) is 0 Å². The zero-order valence-electron chi connectivity index (χ0n) is 9.82. The Bertz CT molecular complexity index is 389. The Balaban J connectivity index is 1.84. The van der Waals surface area contributed by atoms with Crippen molar-refractivity contribution < 1.29 is 4.79 Å². The number of nitrogens with one attached hydrogen (secondary N) is 1. The first-order chi connectivity index (χ1) is 8.24. The molecule has 1 aromatic carbocycles. The Morgan fingerprint density at radius 1 is 1.53 bits per heavy atom. The molecule has 0 aromatic heterocycles. The molecule has 2 rings (SSSR count). The van der Waals surface area contributed by atoms with Crippen LogP contribution in [0.2, 0.25) is 0 Å². The van der Waals surface area contributed by atoms with Gasteiger partial charge in [-0.15, -0.1) is 0 Å². The maximum atomic E-state index is 11.8. The maximum absolute atomic E-state index is 11.8. The molecule has 1 atom stereocenters. The van der Waals surface area contributed by atoms with Gasteiger partial charge in [0.05, 0.1) is 6.42 Å². The molecule has 17 heavy (non-hydrogen) atoms. The van der Waals surface area contributed by atoms with Gasteiger partial charge in [0.2, 0.25) is 5.91 Å². The van der Waals surface area contributed by atoms with Crippen LogP contribution >= 0.6 is 11.8 Å². The third-order valence-corrected chi connectivity index (χ3v) is 4.06. The van der Waals surface area contributed by atoms with Crippen molar-refractivity contribution in [3.05, 3.63) is 29.8 Å². The van der Waals surface area contributed by atoms with E-state index in [1.165, 1.54) is 12.2 Å². The van der Waals surface area contributed by atoms with Gasteiger partial charge in [-0.3, -0.25) is 4.79 Å². The molecule has 0 saturated carbocycles. The SMILES string of the molecule is Nc1cccc(CC(=O)NC2CCCSC2)c1. The summed E-state index contributed by atoms with van der Waals surface area (Å²) in [4.78, 5) is 11.8. The van der Waals surface area contributed by atoms with Crippen LogP contribution in [-0.4, -0.2) is 23.5 Å². The van der Waals surface area contributed by atoms with Crippen molar-refractivity contribution in [2.75, 3.05) is 17.2 Å². The monoisotopic (exact) mass is 250 g/mol. The number of nitrogen functional groups attached to an aromatic ring is 1. The molecule has 0 radical (unpaired) electrons. The highest BCUT2D eigenvalue weighted by molar-refractivity contribution is 7.99. The number of benzene rings is 1.